The Bertz CT molecular complexity index is 1100. The number of nitrogens with zero attached hydrogens (tertiary/aromatic N) is 5. The van der Waals surface area contributed by atoms with Gasteiger partial charge in [-0.15, -0.1) is 0 Å². The highest BCUT2D eigenvalue weighted by atomic mass is 19.4. The molecule has 6 nitrogen and oxygen atoms in total. The van der Waals surface area contributed by atoms with E-state index in [0.29, 0.717) is 43.1 Å². The summed E-state index contributed by atoms with van der Waals surface area (Å²) in [5.41, 5.74) is 1.87. The molecule has 164 valence electrons. The van der Waals surface area contributed by atoms with Crippen LogP contribution in [0.5, 0.6) is 0 Å². The van der Waals surface area contributed by atoms with Crippen LogP contribution < -0.4 is 4.90 Å². The summed E-state index contributed by atoms with van der Waals surface area (Å²) in [6.07, 6.45) is -1.78. The first-order valence-electron chi connectivity index (χ1n) is 10.3. The normalized spacial score (nSPS) is 15.0. The maximum atomic E-state index is 13.3. The van der Waals surface area contributed by atoms with Crippen LogP contribution in [-0.4, -0.2) is 51.8 Å². The Labute approximate surface area is 178 Å². The molecule has 0 N–H and O–H groups in total. The maximum absolute atomic E-state index is 13.3. The SMILES string of the molecule is CCCn1ncc2c(C(=O)N3CCN(c4cccc(C(F)(F)F)c4)CC3)cc(C)nc21. The summed E-state index contributed by atoms with van der Waals surface area (Å²) in [5.74, 6) is -0.102. The van der Waals surface area contributed by atoms with E-state index in [0.717, 1.165) is 36.2 Å². The minimum absolute atomic E-state index is 0.102. The molecule has 0 radical (unpaired) electrons. The predicted molar refractivity (Wildman–Crippen MR) is 112 cm³/mol. The first-order chi connectivity index (χ1) is 14.8. The van der Waals surface area contributed by atoms with E-state index in [4.69, 9.17) is 0 Å². The number of rotatable bonds is 4. The van der Waals surface area contributed by atoms with Crippen molar-refractivity contribution in [3.8, 4) is 0 Å². The molecule has 0 unspecified atom stereocenters. The van der Waals surface area contributed by atoms with Crippen molar-refractivity contribution in [1.82, 2.24) is 19.7 Å². The third kappa shape index (κ3) is 4.22. The van der Waals surface area contributed by atoms with Gasteiger partial charge >= 0.3 is 6.18 Å². The van der Waals surface area contributed by atoms with Gasteiger partial charge in [0.05, 0.1) is 22.7 Å². The van der Waals surface area contributed by atoms with E-state index in [9.17, 15) is 18.0 Å². The minimum Gasteiger partial charge on any atom is -0.368 e. The number of amides is 1. The van der Waals surface area contributed by atoms with Gasteiger partial charge in [0.1, 0.15) is 0 Å². The number of anilines is 1. The maximum Gasteiger partial charge on any atom is 0.416 e. The molecule has 1 aliphatic rings. The van der Waals surface area contributed by atoms with E-state index < -0.39 is 11.7 Å². The molecule has 0 atom stereocenters. The smallest absolute Gasteiger partial charge is 0.368 e. The van der Waals surface area contributed by atoms with Gasteiger partial charge in [0.2, 0.25) is 0 Å². The second-order valence-electron chi connectivity index (χ2n) is 7.74. The van der Waals surface area contributed by atoms with Gasteiger partial charge in [0.15, 0.2) is 5.65 Å². The van der Waals surface area contributed by atoms with Crippen molar-refractivity contribution in [2.24, 2.45) is 0 Å². The fourth-order valence-corrected chi connectivity index (χ4v) is 3.94. The number of fused-ring (bicyclic) bond motifs is 1. The Balaban J connectivity index is 1.52. The van der Waals surface area contributed by atoms with E-state index in [2.05, 4.69) is 17.0 Å². The van der Waals surface area contributed by atoms with Crippen molar-refractivity contribution in [1.29, 1.82) is 0 Å². The fourth-order valence-electron chi connectivity index (χ4n) is 3.94. The molecule has 1 amide bonds. The molecule has 0 bridgehead atoms. The van der Waals surface area contributed by atoms with E-state index in [1.807, 2.05) is 16.5 Å². The van der Waals surface area contributed by atoms with Gasteiger partial charge in [-0.2, -0.15) is 18.3 Å². The number of aromatic nitrogens is 3. The molecule has 1 saturated heterocycles. The van der Waals surface area contributed by atoms with E-state index >= 15 is 0 Å². The number of alkyl halides is 3. The Kier molecular flexibility index (Phi) is 5.60. The monoisotopic (exact) mass is 431 g/mol. The average Bonchev–Trinajstić information content (AvgIpc) is 3.15. The highest BCUT2D eigenvalue weighted by Gasteiger charge is 2.31. The molecule has 0 spiro atoms. The topological polar surface area (TPSA) is 54.3 Å². The lowest BCUT2D eigenvalue weighted by molar-refractivity contribution is -0.137. The number of pyridine rings is 1. The van der Waals surface area contributed by atoms with Crippen LogP contribution in [0.1, 0.15) is 35.0 Å². The number of hydrogen-bond acceptors (Lipinski definition) is 4. The number of carbonyl (C=O) groups is 1. The first kappa shape index (κ1) is 21.1. The number of halogens is 3. The zero-order valence-electron chi connectivity index (χ0n) is 17.5. The summed E-state index contributed by atoms with van der Waals surface area (Å²) < 4.78 is 40.9. The molecule has 2 aromatic heterocycles. The highest BCUT2D eigenvalue weighted by Crippen LogP contribution is 2.32. The van der Waals surface area contributed by atoms with E-state index in [1.165, 1.54) is 6.07 Å². The van der Waals surface area contributed by atoms with Crippen LogP contribution in [0.25, 0.3) is 11.0 Å². The lowest BCUT2D eigenvalue weighted by Crippen LogP contribution is -2.48. The summed E-state index contributed by atoms with van der Waals surface area (Å²) in [7, 11) is 0. The van der Waals surface area contributed by atoms with Crippen LogP contribution in [0.2, 0.25) is 0 Å². The summed E-state index contributed by atoms with van der Waals surface area (Å²) in [4.78, 5) is 21.4. The van der Waals surface area contributed by atoms with Crippen molar-refractivity contribution in [3.05, 3.63) is 53.3 Å². The van der Waals surface area contributed by atoms with Gasteiger partial charge in [0.25, 0.3) is 5.91 Å². The molecular formula is C22H24F3N5O. The second kappa shape index (κ2) is 8.20. The number of aryl methyl sites for hydroxylation is 2. The standard InChI is InChI=1S/C22H24F3N5O/c1-3-7-30-20-19(14-26-30)18(12-15(2)27-20)21(31)29-10-8-28(9-11-29)17-6-4-5-16(13-17)22(23,24)25/h4-6,12-14H,3,7-11H2,1-2H3. The molecule has 4 rings (SSSR count). The third-order valence-electron chi connectivity index (χ3n) is 5.51. The molecule has 1 fully saturated rings. The van der Waals surface area contributed by atoms with Gasteiger partial charge in [-0.3, -0.25) is 4.79 Å². The Hall–Kier alpha value is -3.10. The largest absolute Gasteiger partial charge is 0.416 e. The van der Waals surface area contributed by atoms with E-state index in [1.54, 1.807) is 23.2 Å². The van der Waals surface area contributed by atoms with Gasteiger partial charge < -0.3 is 9.80 Å². The molecular weight excluding hydrogens is 407 g/mol. The molecule has 1 aromatic carbocycles. The van der Waals surface area contributed by atoms with E-state index in [-0.39, 0.29) is 5.91 Å². The van der Waals surface area contributed by atoms with Crippen molar-refractivity contribution >= 4 is 22.6 Å². The quantitative estimate of drug-likeness (QED) is 0.623. The van der Waals surface area contributed by atoms with Gasteiger partial charge in [0, 0.05) is 44.1 Å². The highest BCUT2D eigenvalue weighted by molar-refractivity contribution is 6.05. The Morgan fingerprint density at radius 2 is 1.87 bits per heavy atom. The van der Waals surface area contributed by atoms with Crippen molar-refractivity contribution in [2.45, 2.75) is 33.0 Å². The van der Waals surface area contributed by atoms with Gasteiger partial charge in [-0.1, -0.05) is 13.0 Å². The van der Waals surface area contributed by atoms with Crippen LogP contribution in [-0.2, 0) is 12.7 Å². The second-order valence-corrected chi connectivity index (χ2v) is 7.74. The number of piperazine rings is 1. The zero-order valence-corrected chi connectivity index (χ0v) is 17.5. The first-order valence-corrected chi connectivity index (χ1v) is 10.3. The molecule has 0 saturated carbocycles. The summed E-state index contributed by atoms with van der Waals surface area (Å²) in [6.45, 7) is 6.43. The summed E-state index contributed by atoms with van der Waals surface area (Å²) in [6, 6.07) is 7.10. The summed E-state index contributed by atoms with van der Waals surface area (Å²) in [5, 5.41) is 5.10. The lowest BCUT2D eigenvalue weighted by atomic mass is 10.1. The molecule has 31 heavy (non-hydrogen) atoms. The van der Waals surface area contributed by atoms with Crippen LogP contribution in [0.4, 0.5) is 18.9 Å². The molecule has 1 aliphatic heterocycles. The number of hydrogen-bond donors (Lipinski definition) is 0. The van der Waals surface area contributed by atoms with Gasteiger partial charge in [-0.25, -0.2) is 9.67 Å². The van der Waals surface area contributed by atoms with Crippen LogP contribution in [0, 0.1) is 6.92 Å². The average molecular weight is 431 g/mol. The Morgan fingerprint density at radius 3 is 2.55 bits per heavy atom. The lowest BCUT2D eigenvalue weighted by Gasteiger charge is -2.36. The number of carbonyl (C=O) groups excluding carboxylic acids is 1. The molecule has 9 heteroatoms. The van der Waals surface area contributed by atoms with Gasteiger partial charge in [-0.05, 0) is 37.6 Å². The zero-order chi connectivity index (χ0) is 22.2. The Morgan fingerprint density at radius 1 is 1.13 bits per heavy atom. The summed E-state index contributed by atoms with van der Waals surface area (Å²) >= 11 is 0. The fraction of sp³-hybridized carbons (Fsp3) is 0.409. The predicted octanol–water partition coefficient (Wildman–Crippen LogP) is 4.13. The van der Waals surface area contributed by atoms with Crippen molar-refractivity contribution in [2.75, 3.05) is 31.1 Å². The van der Waals surface area contributed by atoms with Crippen molar-refractivity contribution in [3.63, 3.8) is 0 Å². The van der Waals surface area contributed by atoms with Crippen LogP contribution >= 0.6 is 0 Å². The van der Waals surface area contributed by atoms with Crippen molar-refractivity contribution < 1.29 is 18.0 Å². The van der Waals surface area contributed by atoms with Crippen LogP contribution in [0.3, 0.4) is 0 Å². The molecule has 3 heterocycles. The molecule has 3 aromatic rings. The minimum atomic E-state index is -4.37. The number of benzene rings is 1. The molecule has 0 aliphatic carbocycles. The third-order valence-corrected chi connectivity index (χ3v) is 5.51. The van der Waals surface area contributed by atoms with Crippen LogP contribution in [0.15, 0.2) is 36.5 Å².